The van der Waals surface area contributed by atoms with Gasteiger partial charge in [-0.05, 0) is 37.0 Å². The molecule has 146 valence electrons. The molecule has 0 heterocycles. The van der Waals surface area contributed by atoms with Gasteiger partial charge in [0.1, 0.15) is 6.61 Å². The number of carbonyl (C=O) groups excluding carboxylic acids is 1. The largest absolute Gasteiger partial charge is 0.493 e. The van der Waals surface area contributed by atoms with Gasteiger partial charge >= 0.3 is 18.8 Å². The van der Waals surface area contributed by atoms with Crippen LogP contribution in [0.3, 0.4) is 0 Å². The molecule has 0 amide bonds. The minimum Gasteiger partial charge on any atom is -0.493 e. The number of carbonyl (C=O) groups is 1. The van der Waals surface area contributed by atoms with Gasteiger partial charge in [-0.3, -0.25) is 4.79 Å². The number of esters is 1. The van der Waals surface area contributed by atoms with E-state index in [9.17, 15) is 26.7 Å². The highest BCUT2D eigenvalue weighted by Crippen LogP contribution is 2.40. The molecule has 0 aliphatic heterocycles. The summed E-state index contributed by atoms with van der Waals surface area (Å²) in [6.45, 7) is -3.21. The molecule has 1 saturated carbocycles. The number of hydrogen-bond donors (Lipinski definition) is 0. The third-order valence-electron chi connectivity index (χ3n) is 4.30. The van der Waals surface area contributed by atoms with Crippen molar-refractivity contribution < 1.29 is 41.0 Å². The van der Waals surface area contributed by atoms with E-state index in [-0.39, 0.29) is 30.9 Å². The van der Waals surface area contributed by atoms with Crippen LogP contribution >= 0.6 is 0 Å². The van der Waals surface area contributed by atoms with Crippen LogP contribution in [0.5, 0.6) is 11.5 Å². The third kappa shape index (κ3) is 5.47. The first-order valence-corrected chi connectivity index (χ1v) is 8.05. The average Bonchev–Trinajstić information content (AvgIpc) is 2.59. The van der Waals surface area contributed by atoms with Crippen molar-refractivity contribution in [2.75, 3.05) is 7.11 Å². The number of hydrogen-bond acceptors (Lipinski definition) is 4. The van der Waals surface area contributed by atoms with Gasteiger partial charge in [-0.25, -0.2) is 0 Å². The molecule has 0 N–H and O–H groups in total. The van der Waals surface area contributed by atoms with Gasteiger partial charge in [-0.1, -0.05) is 12.5 Å². The summed E-state index contributed by atoms with van der Waals surface area (Å²) in [7, 11) is 1.27. The lowest BCUT2D eigenvalue weighted by atomic mass is 9.81. The van der Waals surface area contributed by atoms with Crippen molar-refractivity contribution in [2.45, 2.75) is 45.1 Å². The van der Waals surface area contributed by atoms with E-state index in [0.717, 1.165) is 0 Å². The van der Waals surface area contributed by atoms with Crippen molar-refractivity contribution in [3.05, 3.63) is 23.8 Å². The highest BCUT2D eigenvalue weighted by Gasteiger charge is 2.43. The Bertz CT molecular complexity index is 618. The molecule has 26 heavy (non-hydrogen) atoms. The standard InChI is InChI=1S/C17H19F5O4/c1-24-14-7-10(5-6-13(14)26-16(18)19)9-25-15(23)11-3-2-4-12(8-11)17(20,21)22/h5-7,11-12,16H,2-4,8-9H2,1H3. The van der Waals surface area contributed by atoms with Crippen molar-refractivity contribution in [2.24, 2.45) is 11.8 Å². The van der Waals surface area contributed by atoms with E-state index in [1.54, 1.807) is 0 Å². The summed E-state index contributed by atoms with van der Waals surface area (Å²) < 4.78 is 77.3. The Morgan fingerprint density at radius 2 is 1.96 bits per heavy atom. The molecular weight excluding hydrogens is 363 g/mol. The molecule has 1 aliphatic carbocycles. The predicted octanol–water partition coefficient (Wildman–Crippen LogP) is 4.71. The Balaban J connectivity index is 1.94. The van der Waals surface area contributed by atoms with Crippen LogP contribution in [0, 0.1) is 11.8 Å². The first kappa shape index (κ1) is 20.3. The number of benzene rings is 1. The van der Waals surface area contributed by atoms with Gasteiger partial charge in [0.05, 0.1) is 18.9 Å². The Hall–Kier alpha value is -2.06. The SMILES string of the molecule is COc1cc(COC(=O)C2CCCC(C(F)(F)F)C2)ccc1OC(F)F. The van der Waals surface area contributed by atoms with Crippen LogP contribution in [-0.2, 0) is 16.1 Å². The zero-order chi connectivity index (χ0) is 19.3. The van der Waals surface area contributed by atoms with E-state index < -0.39 is 30.6 Å². The van der Waals surface area contributed by atoms with Crippen LogP contribution in [0.2, 0.25) is 0 Å². The van der Waals surface area contributed by atoms with Crippen LogP contribution in [0.1, 0.15) is 31.2 Å². The molecule has 9 heteroatoms. The molecule has 0 bridgehead atoms. The molecular formula is C17H19F5O4. The second kappa shape index (κ2) is 8.55. The molecule has 0 radical (unpaired) electrons. The summed E-state index contributed by atoms with van der Waals surface area (Å²) >= 11 is 0. The molecule has 0 spiro atoms. The van der Waals surface area contributed by atoms with Crippen molar-refractivity contribution in [3.63, 3.8) is 0 Å². The quantitative estimate of drug-likeness (QED) is 0.528. The highest BCUT2D eigenvalue weighted by molar-refractivity contribution is 5.72. The van der Waals surface area contributed by atoms with E-state index in [1.165, 1.54) is 25.3 Å². The van der Waals surface area contributed by atoms with Gasteiger partial charge in [-0.2, -0.15) is 22.0 Å². The molecule has 0 saturated heterocycles. The fourth-order valence-electron chi connectivity index (χ4n) is 2.97. The maximum atomic E-state index is 12.8. The molecule has 2 atom stereocenters. The Morgan fingerprint density at radius 3 is 2.58 bits per heavy atom. The molecule has 4 nitrogen and oxygen atoms in total. The first-order valence-electron chi connectivity index (χ1n) is 8.05. The van der Waals surface area contributed by atoms with E-state index in [1.807, 2.05) is 0 Å². The number of methoxy groups -OCH3 is 1. The molecule has 1 aliphatic rings. The summed E-state index contributed by atoms with van der Waals surface area (Å²) in [4.78, 5) is 12.1. The number of rotatable bonds is 6. The number of ether oxygens (including phenoxy) is 3. The van der Waals surface area contributed by atoms with Crippen LogP contribution in [-0.4, -0.2) is 25.9 Å². The topological polar surface area (TPSA) is 44.8 Å². The maximum Gasteiger partial charge on any atom is 0.391 e. The van der Waals surface area contributed by atoms with Gasteiger partial charge in [-0.15, -0.1) is 0 Å². The molecule has 0 aromatic heterocycles. The molecule has 2 rings (SSSR count). The monoisotopic (exact) mass is 382 g/mol. The second-order valence-corrected chi connectivity index (χ2v) is 6.07. The van der Waals surface area contributed by atoms with Crippen LogP contribution in [0.25, 0.3) is 0 Å². The van der Waals surface area contributed by atoms with Crippen molar-refractivity contribution >= 4 is 5.97 Å². The smallest absolute Gasteiger partial charge is 0.391 e. The molecule has 1 aromatic carbocycles. The van der Waals surface area contributed by atoms with Crippen LogP contribution in [0.4, 0.5) is 22.0 Å². The van der Waals surface area contributed by atoms with Crippen molar-refractivity contribution in [1.82, 2.24) is 0 Å². The van der Waals surface area contributed by atoms with Gasteiger partial charge in [0.2, 0.25) is 0 Å². The van der Waals surface area contributed by atoms with Gasteiger partial charge in [0.15, 0.2) is 11.5 Å². The average molecular weight is 382 g/mol. The second-order valence-electron chi connectivity index (χ2n) is 6.07. The lowest BCUT2D eigenvalue weighted by molar-refractivity contribution is -0.189. The number of alkyl halides is 5. The Morgan fingerprint density at radius 1 is 1.23 bits per heavy atom. The Labute approximate surface area is 147 Å². The summed E-state index contributed by atoms with van der Waals surface area (Å²) in [5.74, 6) is -3.10. The predicted molar refractivity (Wildman–Crippen MR) is 80.9 cm³/mol. The highest BCUT2D eigenvalue weighted by atomic mass is 19.4. The molecule has 2 unspecified atom stereocenters. The fourth-order valence-corrected chi connectivity index (χ4v) is 2.97. The normalized spacial score (nSPS) is 20.7. The summed E-state index contributed by atoms with van der Waals surface area (Å²) in [6, 6.07) is 4.02. The lowest BCUT2D eigenvalue weighted by Crippen LogP contribution is -2.32. The lowest BCUT2D eigenvalue weighted by Gasteiger charge is -2.29. The first-order chi connectivity index (χ1) is 12.2. The minimum absolute atomic E-state index is 0.0239. The van der Waals surface area contributed by atoms with E-state index in [4.69, 9.17) is 9.47 Å². The van der Waals surface area contributed by atoms with Crippen molar-refractivity contribution in [1.29, 1.82) is 0 Å². The molecule has 1 aromatic rings. The summed E-state index contributed by atoms with van der Waals surface area (Å²) in [5, 5.41) is 0. The zero-order valence-electron chi connectivity index (χ0n) is 14.0. The molecule has 1 fully saturated rings. The third-order valence-corrected chi connectivity index (χ3v) is 4.30. The summed E-state index contributed by atoms with van der Waals surface area (Å²) in [5.41, 5.74) is 0.444. The van der Waals surface area contributed by atoms with Crippen LogP contribution in [0.15, 0.2) is 18.2 Å². The van der Waals surface area contributed by atoms with E-state index >= 15 is 0 Å². The summed E-state index contributed by atoms with van der Waals surface area (Å²) in [6.07, 6.45) is -3.89. The fraction of sp³-hybridized carbons (Fsp3) is 0.588. The maximum absolute atomic E-state index is 12.8. The van der Waals surface area contributed by atoms with E-state index in [2.05, 4.69) is 4.74 Å². The number of halogens is 5. The van der Waals surface area contributed by atoms with E-state index in [0.29, 0.717) is 18.4 Å². The van der Waals surface area contributed by atoms with Gasteiger partial charge < -0.3 is 14.2 Å². The van der Waals surface area contributed by atoms with Gasteiger partial charge in [0, 0.05) is 0 Å². The van der Waals surface area contributed by atoms with Crippen molar-refractivity contribution in [3.8, 4) is 11.5 Å². The van der Waals surface area contributed by atoms with Crippen LogP contribution < -0.4 is 9.47 Å². The zero-order valence-corrected chi connectivity index (χ0v) is 14.0. The van der Waals surface area contributed by atoms with Gasteiger partial charge in [0.25, 0.3) is 0 Å². The Kier molecular flexibility index (Phi) is 6.66. The minimum atomic E-state index is -4.31.